The number of methoxy groups -OCH3 is 1. The van der Waals surface area contributed by atoms with Crippen molar-refractivity contribution in [1.82, 2.24) is 0 Å². The predicted molar refractivity (Wildman–Crippen MR) is 141 cm³/mol. The maximum atomic E-state index is 13.7. The molecule has 9 heteroatoms. The van der Waals surface area contributed by atoms with Gasteiger partial charge in [0.1, 0.15) is 15.5 Å². The molecule has 0 bridgehead atoms. The Morgan fingerprint density at radius 1 is 0.838 bits per heavy atom. The minimum Gasteiger partial charge on any atom is -0.745 e. The number of cyclic esters (lactones) is 1. The molecule has 7 nitrogen and oxygen atoms in total. The van der Waals surface area contributed by atoms with Gasteiger partial charge >= 0.3 is 63.3 Å². The van der Waals surface area contributed by atoms with Crippen molar-refractivity contribution in [3.05, 3.63) is 0 Å². The Kier molecular flexibility index (Phi) is 19.0. The summed E-state index contributed by atoms with van der Waals surface area (Å²) in [6, 6.07) is 0. The van der Waals surface area contributed by atoms with Crippen molar-refractivity contribution in [2.75, 3.05) is 7.11 Å². The van der Waals surface area contributed by atoms with Gasteiger partial charge in [0.25, 0.3) is 0 Å². The second-order valence-electron chi connectivity index (χ2n) is 10.6. The average molecular weight is 571 g/mol. The molecule has 1 fully saturated rings. The standard InChI is InChI=1S/C28H52O7S.K/c1-6-10-14-16-20-23(18-12-8-3)27(26(30)34-5)22-25(29)35-28(27,36(31,32)33)24(19-13-9-4)21-17-15-11-7-2;/h23-24H,6-22H2,1-5H3,(H,31,32,33);/q;+1/p-1. The van der Waals surface area contributed by atoms with Crippen LogP contribution in [0.1, 0.15) is 137 Å². The molecule has 0 amide bonds. The number of esters is 2. The first-order valence-electron chi connectivity index (χ1n) is 14.4. The molecule has 0 aromatic rings. The van der Waals surface area contributed by atoms with E-state index < -0.39 is 50.7 Å². The van der Waals surface area contributed by atoms with Crippen LogP contribution in [-0.4, -0.2) is 37.0 Å². The summed E-state index contributed by atoms with van der Waals surface area (Å²) < 4.78 is 51.0. The zero-order valence-corrected chi connectivity index (χ0v) is 28.4. The van der Waals surface area contributed by atoms with Crippen LogP contribution in [0.25, 0.3) is 0 Å². The molecule has 0 aromatic heterocycles. The Labute approximate surface area is 269 Å². The summed E-state index contributed by atoms with van der Waals surface area (Å²) in [5, 5.41) is 0. The van der Waals surface area contributed by atoms with Gasteiger partial charge in [0, 0.05) is 5.92 Å². The zero-order valence-electron chi connectivity index (χ0n) is 24.4. The average Bonchev–Trinajstić information content (AvgIpc) is 3.17. The summed E-state index contributed by atoms with van der Waals surface area (Å²) in [5.41, 5.74) is -1.83. The van der Waals surface area contributed by atoms with Gasteiger partial charge in [-0.2, -0.15) is 0 Å². The summed E-state index contributed by atoms with van der Waals surface area (Å²) in [7, 11) is -4.02. The van der Waals surface area contributed by atoms with Crippen LogP contribution in [0.2, 0.25) is 0 Å². The molecule has 0 aromatic carbocycles. The van der Waals surface area contributed by atoms with Crippen LogP contribution in [0.4, 0.5) is 0 Å². The molecule has 0 radical (unpaired) electrons. The molecule has 0 saturated carbocycles. The first-order chi connectivity index (χ1) is 17.1. The third-order valence-corrected chi connectivity index (χ3v) is 9.61. The van der Waals surface area contributed by atoms with Gasteiger partial charge in [0.2, 0.25) is 4.93 Å². The molecule has 4 unspecified atom stereocenters. The van der Waals surface area contributed by atoms with Gasteiger partial charge in [0.15, 0.2) is 0 Å². The van der Waals surface area contributed by atoms with E-state index in [1.165, 1.54) is 7.11 Å². The monoisotopic (exact) mass is 570 g/mol. The van der Waals surface area contributed by atoms with E-state index in [4.69, 9.17) is 9.47 Å². The van der Waals surface area contributed by atoms with E-state index in [0.717, 1.165) is 64.2 Å². The summed E-state index contributed by atoms with van der Waals surface area (Å²) >= 11 is 0. The van der Waals surface area contributed by atoms with Crippen LogP contribution in [0.5, 0.6) is 0 Å². The first kappa shape index (κ1) is 37.5. The normalized spacial score (nSPS) is 23.2. The van der Waals surface area contributed by atoms with Crippen molar-refractivity contribution >= 4 is 22.1 Å². The summed E-state index contributed by atoms with van der Waals surface area (Å²) in [5.74, 6) is -2.82. The van der Waals surface area contributed by atoms with Gasteiger partial charge in [-0.3, -0.25) is 9.59 Å². The minimum atomic E-state index is -5.23. The number of hydrogen-bond acceptors (Lipinski definition) is 7. The van der Waals surface area contributed by atoms with Crippen molar-refractivity contribution in [2.45, 2.75) is 142 Å². The van der Waals surface area contributed by atoms with Crippen molar-refractivity contribution in [2.24, 2.45) is 17.3 Å². The number of carbonyl (C=O) groups excluding carboxylic acids is 2. The quantitative estimate of drug-likeness (QED) is 0.0945. The fraction of sp³-hybridized carbons (Fsp3) is 0.929. The first-order valence-corrected chi connectivity index (χ1v) is 15.8. The van der Waals surface area contributed by atoms with Gasteiger partial charge in [-0.1, -0.05) is 105 Å². The van der Waals surface area contributed by atoms with E-state index in [9.17, 15) is 22.6 Å². The molecular formula is C28H51KO7S. The summed E-state index contributed by atoms with van der Waals surface area (Å²) in [6.07, 6.45) is 12.0. The van der Waals surface area contributed by atoms with Crippen LogP contribution in [0, 0.1) is 17.3 Å². The van der Waals surface area contributed by atoms with E-state index in [1.54, 1.807) is 0 Å². The fourth-order valence-electron chi connectivity index (χ4n) is 6.26. The van der Waals surface area contributed by atoms with Crippen molar-refractivity contribution in [1.29, 1.82) is 0 Å². The van der Waals surface area contributed by atoms with Crippen LogP contribution >= 0.6 is 0 Å². The summed E-state index contributed by atoms with van der Waals surface area (Å²) in [6.45, 7) is 8.24. The Hall–Kier alpha value is 0.486. The van der Waals surface area contributed by atoms with Gasteiger partial charge in [0.05, 0.1) is 13.5 Å². The maximum absolute atomic E-state index is 13.7. The van der Waals surface area contributed by atoms with Gasteiger partial charge in [-0.15, -0.1) is 0 Å². The smallest absolute Gasteiger partial charge is 0.745 e. The molecule has 0 aliphatic carbocycles. The van der Waals surface area contributed by atoms with Crippen molar-refractivity contribution in [3.63, 3.8) is 0 Å². The molecule has 1 aliphatic heterocycles. The third kappa shape index (κ3) is 9.25. The number of unbranched alkanes of at least 4 members (excludes halogenated alkanes) is 8. The second-order valence-corrected chi connectivity index (χ2v) is 12.1. The number of rotatable bonds is 20. The molecule has 0 spiro atoms. The van der Waals surface area contributed by atoms with Gasteiger partial charge in [-0.25, -0.2) is 8.42 Å². The predicted octanol–water partition coefficient (Wildman–Crippen LogP) is 3.89. The van der Waals surface area contributed by atoms with Gasteiger partial charge in [-0.05, 0) is 31.6 Å². The van der Waals surface area contributed by atoms with Crippen molar-refractivity contribution < 1.29 is 83.4 Å². The Morgan fingerprint density at radius 3 is 1.70 bits per heavy atom. The largest absolute Gasteiger partial charge is 1.00 e. The number of carbonyl (C=O) groups is 2. The van der Waals surface area contributed by atoms with E-state index in [0.29, 0.717) is 38.5 Å². The van der Waals surface area contributed by atoms with E-state index in [2.05, 4.69) is 13.8 Å². The minimum absolute atomic E-state index is 0. The molecule has 1 heterocycles. The van der Waals surface area contributed by atoms with Crippen molar-refractivity contribution in [3.8, 4) is 0 Å². The molecule has 212 valence electrons. The topological polar surface area (TPSA) is 110 Å². The molecular weight excluding hydrogens is 519 g/mol. The second kappa shape index (κ2) is 18.8. The van der Waals surface area contributed by atoms with Gasteiger partial charge < -0.3 is 14.0 Å². The van der Waals surface area contributed by atoms with Crippen LogP contribution < -0.4 is 51.4 Å². The molecule has 37 heavy (non-hydrogen) atoms. The van der Waals surface area contributed by atoms with E-state index in [-0.39, 0.29) is 51.4 Å². The number of ether oxygens (including phenoxy) is 2. The molecule has 0 N–H and O–H groups in total. The van der Waals surface area contributed by atoms with Crippen LogP contribution in [0.3, 0.4) is 0 Å². The van der Waals surface area contributed by atoms with E-state index in [1.807, 2.05) is 13.8 Å². The van der Waals surface area contributed by atoms with Crippen LogP contribution in [0.15, 0.2) is 0 Å². The fourth-order valence-corrected chi connectivity index (χ4v) is 7.87. The molecule has 1 aliphatic rings. The number of hydrogen-bond donors (Lipinski definition) is 0. The maximum Gasteiger partial charge on any atom is 1.00 e. The zero-order chi connectivity index (χ0) is 27.2. The Morgan fingerprint density at radius 2 is 1.27 bits per heavy atom. The Bertz CT molecular complexity index is 772. The molecule has 4 atom stereocenters. The third-order valence-electron chi connectivity index (χ3n) is 8.09. The molecule has 1 saturated heterocycles. The van der Waals surface area contributed by atoms with Crippen LogP contribution in [-0.2, 0) is 29.2 Å². The Balaban J connectivity index is 0.0000130. The van der Waals surface area contributed by atoms with E-state index >= 15 is 0 Å². The molecule has 1 rings (SSSR count). The summed E-state index contributed by atoms with van der Waals surface area (Å²) in [4.78, 5) is 24.3. The SMILES string of the molecule is CCCCCCC(CCCC)C1(C(=O)OC)CC(=O)OC1(C(CCCC)CCCCCC)S(=O)(=O)[O-].[K+].